The lowest BCUT2D eigenvalue weighted by Crippen LogP contribution is -2.21. The van der Waals surface area contributed by atoms with Crippen LogP contribution in [0.1, 0.15) is 41.3 Å². The first-order valence-electron chi connectivity index (χ1n) is 11.2. The molecule has 0 saturated heterocycles. The van der Waals surface area contributed by atoms with Crippen molar-refractivity contribution in [2.24, 2.45) is 5.10 Å². The van der Waals surface area contributed by atoms with Gasteiger partial charge in [-0.05, 0) is 60.0 Å². The number of rotatable bonds is 8. The van der Waals surface area contributed by atoms with Crippen LogP contribution in [0.2, 0.25) is 0 Å². The molecular formula is C28H26N2O4. The fraction of sp³-hybridized carbons (Fsp3) is 0.179. The van der Waals surface area contributed by atoms with Crippen molar-refractivity contribution in [1.29, 1.82) is 0 Å². The van der Waals surface area contributed by atoms with Gasteiger partial charge in [-0.1, -0.05) is 55.8 Å². The van der Waals surface area contributed by atoms with Gasteiger partial charge in [0.05, 0.1) is 29.6 Å². The topological polar surface area (TPSA) is 68.2 Å². The highest BCUT2D eigenvalue weighted by Gasteiger charge is 2.30. The van der Waals surface area contributed by atoms with Gasteiger partial charge in [-0.2, -0.15) is 10.1 Å². The van der Waals surface area contributed by atoms with Gasteiger partial charge in [0.1, 0.15) is 12.4 Å². The number of anilines is 1. The monoisotopic (exact) mass is 454 g/mol. The minimum absolute atomic E-state index is 0.120. The lowest BCUT2D eigenvalue weighted by atomic mass is 10.0. The second kappa shape index (κ2) is 10.6. The van der Waals surface area contributed by atoms with Crippen LogP contribution in [0.3, 0.4) is 0 Å². The molecule has 0 spiro atoms. The molecule has 1 aliphatic heterocycles. The molecule has 0 bridgehead atoms. The molecule has 0 atom stereocenters. The van der Waals surface area contributed by atoms with Gasteiger partial charge in [0.2, 0.25) is 0 Å². The fourth-order valence-electron chi connectivity index (χ4n) is 3.62. The first-order chi connectivity index (χ1) is 16.6. The largest absolute Gasteiger partial charge is 0.489 e. The Kier molecular flexibility index (Phi) is 7.18. The van der Waals surface area contributed by atoms with Crippen molar-refractivity contribution < 1.29 is 19.1 Å². The van der Waals surface area contributed by atoms with Crippen LogP contribution in [-0.4, -0.2) is 24.7 Å². The predicted molar refractivity (Wildman–Crippen MR) is 133 cm³/mol. The predicted octanol–water partition coefficient (Wildman–Crippen LogP) is 5.64. The third kappa shape index (κ3) is 5.23. The summed E-state index contributed by atoms with van der Waals surface area (Å²) in [5, 5.41) is 6.06. The molecule has 1 heterocycles. The highest BCUT2D eigenvalue weighted by Crippen LogP contribution is 2.27. The number of nitrogens with zero attached hydrogens (tertiary/aromatic N) is 2. The maximum atomic E-state index is 13.1. The summed E-state index contributed by atoms with van der Waals surface area (Å²) in [6.45, 7) is 2.45. The molecule has 172 valence electrons. The van der Waals surface area contributed by atoms with Crippen LogP contribution >= 0.6 is 0 Å². The van der Waals surface area contributed by atoms with Crippen LogP contribution in [0.4, 0.5) is 5.69 Å². The molecule has 0 aromatic heterocycles. The Morgan fingerprint density at radius 1 is 0.971 bits per heavy atom. The van der Waals surface area contributed by atoms with Crippen molar-refractivity contribution in [2.45, 2.75) is 26.4 Å². The van der Waals surface area contributed by atoms with E-state index in [2.05, 4.69) is 12.0 Å². The van der Waals surface area contributed by atoms with Crippen LogP contribution in [-0.2, 0) is 16.1 Å². The Morgan fingerprint density at radius 2 is 1.68 bits per heavy atom. The van der Waals surface area contributed by atoms with Gasteiger partial charge in [-0.25, -0.2) is 4.79 Å². The number of amides is 1. The summed E-state index contributed by atoms with van der Waals surface area (Å²) in [5.74, 6) is 0.229. The Labute approximate surface area is 199 Å². The fourth-order valence-corrected chi connectivity index (χ4v) is 3.62. The molecular weight excluding hydrogens is 428 g/mol. The highest BCUT2D eigenvalue weighted by atomic mass is 16.5. The number of ether oxygens (including phenoxy) is 2. The Balaban J connectivity index is 1.44. The van der Waals surface area contributed by atoms with Crippen molar-refractivity contribution in [3.63, 3.8) is 0 Å². The Hall–Kier alpha value is -4.19. The second-order valence-electron chi connectivity index (χ2n) is 7.85. The minimum atomic E-state index is -0.364. The summed E-state index contributed by atoms with van der Waals surface area (Å²) in [4.78, 5) is 24.6. The van der Waals surface area contributed by atoms with Gasteiger partial charge in [-0.15, -0.1) is 0 Å². The maximum absolute atomic E-state index is 13.1. The number of benzene rings is 3. The number of hydrogen-bond donors (Lipinski definition) is 0. The summed E-state index contributed by atoms with van der Waals surface area (Å²) in [5.41, 5.74) is 4.51. The van der Waals surface area contributed by atoms with E-state index >= 15 is 0 Å². The third-order valence-electron chi connectivity index (χ3n) is 5.41. The quantitative estimate of drug-likeness (QED) is 0.326. The maximum Gasteiger partial charge on any atom is 0.337 e. The third-order valence-corrected chi connectivity index (χ3v) is 5.41. The summed E-state index contributed by atoms with van der Waals surface area (Å²) >= 11 is 0. The average molecular weight is 455 g/mol. The zero-order valence-electron chi connectivity index (χ0n) is 19.2. The highest BCUT2D eigenvalue weighted by molar-refractivity contribution is 6.32. The van der Waals surface area contributed by atoms with Crippen molar-refractivity contribution >= 4 is 29.4 Å². The van der Waals surface area contributed by atoms with Gasteiger partial charge >= 0.3 is 5.97 Å². The van der Waals surface area contributed by atoms with E-state index in [0.717, 1.165) is 35.4 Å². The molecule has 0 saturated carbocycles. The SMILES string of the molecule is CCCC1=NN(c2ccccc2)C(=O)/C1=C/c1ccc(OCc2ccc(C(=O)OC)cc2)cc1. The molecule has 0 unspecified atom stereocenters. The number of carbonyl (C=O) groups excluding carboxylic acids is 2. The summed E-state index contributed by atoms with van der Waals surface area (Å²) in [7, 11) is 1.36. The summed E-state index contributed by atoms with van der Waals surface area (Å²) in [6.07, 6.45) is 3.52. The molecule has 0 radical (unpaired) electrons. The molecule has 1 amide bonds. The van der Waals surface area contributed by atoms with Crippen molar-refractivity contribution in [3.8, 4) is 5.75 Å². The van der Waals surface area contributed by atoms with Gasteiger partial charge in [-0.3, -0.25) is 4.79 Å². The zero-order valence-corrected chi connectivity index (χ0v) is 19.2. The van der Waals surface area contributed by atoms with E-state index in [1.807, 2.05) is 72.8 Å². The number of carbonyl (C=O) groups is 2. The van der Waals surface area contributed by atoms with E-state index in [-0.39, 0.29) is 11.9 Å². The molecule has 6 nitrogen and oxygen atoms in total. The molecule has 34 heavy (non-hydrogen) atoms. The van der Waals surface area contributed by atoms with Gasteiger partial charge < -0.3 is 9.47 Å². The van der Waals surface area contributed by atoms with Crippen LogP contribution in [0.15, 0.2) is 89.5 Å². The van der Waals surface area contributed by atoms with Gasteiger partial charge in [0.25, 0.3) is 5.91 Å². The van der Waals surface area contributed by atoms with Gasteiger partial charge in [0.15, 0.2) is 0 Å². The van der Waals surface area contributed by atoms with Crippen LogP contribution in [0, 0.1) is 0 Å². The normalized spacial score (nSPS) is 14.3. The minimum Gasteiger partial charge on any atom is -0.489 e. The Morgan fingerprint density at radius 3 is 2.32 bits per heavy atom. The molecule has 4 rings (SSSR count). The van der Waals surface area contributed by atoms with E-state index in [1.165, 1.54) is 12.1 Å². The number of hydrogen-bond acceptors (Lipinski definition) is 5. The van der Waals surface area contributed by atoms with E-state index in [0.29, 0.717) is 23.5 Å². The van der Waals surface area contributed by atoms with Crippen LogP contribution in [0.25, 0.3) is 6.08 Å². The molecule has 3 aromatic rings. The molecule has 0 aliphatic carbocycles. The molecule has 0 N–H and O–H groups in total. The van der Waals surface area contributed by atoms with Gasteiger partial charge in [0, 0.05) is 0 Å². The summed E-state index contributed by atoms with van der Waals surface area (Å²) < 4.78 is 10.6. The first-order valence-corrected chi connectivity index (χ1v) is 11.2. The Bertz CT molecular complexity index is 1210. The van der Waals surface area contributed by atoms with Crippen molar-refractivity contribution in [1.82, 2.24) is 0 Å². The summed E-state index contributed by atoms with van der Waals surface area (Å²) in [6, 6.07) is 24.2. The molecule has 1 aliphatic rings. The first kappa shape index (κ1) is 23.0. The number of esters is 1. The average Bonchev–Trinajstić information content (AvgIpc) is 3.19. The lowest BCUT2D eigenvalue weighted by Gasteiger charge is -2.11. The lowest BCUT2D eigenvalue weighted by molar-refractivity contribution is -0.114. The second-order valence-corrected chi connectivity index (χ2v) is 7.85. The number of hydrazone groups is 1. The van der Waals surface area contributed by atoms with E-state index < -0.39 is 0 Å². The van der Waals surface area contributed by atoms with Crippen LogP contribution in [0.5, 0.6) is 5.75 Å². The molecule has 0 fully saturated rings. The zero-order chi connectivity index (χ0) is 23.9. The van der Waals surface area contributed by atoms with Crippen molar-refractivity contribution in [3.05, 3.63) is 101 Å². The standard InChI is InChI=1S/C28H26N2O4/c1-3-7-26-25(27(31)30(29-26)23-8-5-4-6-9-23)18-20-12-16-24(17-13-20)34-19-21-10-14-22(15-11-21)28(32)33-2/h4-6,8-18H,3,7,19H2,1-2H3/b25-18+. The molecule has 3 aromatic carbocycles. The van der Waals surface area contributed by atoms with E-state index in [1.54, 1.807) is 12.1 Å². The molecule has 6 heteroatoms. The number of para-hydroxylation sites is 1. The van der Waals surface area contributed by atoms with Crippen molar-refractivity contribution in [2.75, 3.05) is 12.1 Å². The van der Waals surface area contributed by atoms with E-state index in [9.17, 15) is 9.59 Å². The number of methoxy groups -OCH3 is 1. The smallest absolute Gasteiger partial charge is 0.337 e. The van der Waals surface area contributed by atoms with E-state index in [4.69, 9.17) is 9.47 Å². The van der Waals surface area contributed by atoms with Crippen LogP contribution < -0.4 is 9.75 Å².